The Hall–Kier alpha value is -1.48. The Kier molecular flexibility index (Phi) is 3.38. The van der Waals surface area contributed by atoms with Crippen molar-refractivity contribution in [2.75, 3.05) is 0 Å². The van der Waals surface area contributed by atoms with Crippen LogP contribution in [0, 0.1) is 0 Å². The number of hydrogen-bond donors (Lipinski definition) is 2. The molecule has 1 atom stereocenters. The molecule has 1 aromatic heterocycles. The topological polar surface area (TPSA) is 51.0 Å². The number of ether oxygens (including phenoxy) is 1. The van der Waals surface area contributed by atoms with E-state index in [4.69, 9.17) is 10.5 Å². The van der Waals surface area contributed by atoms with Crippen LogP contribution >= 0.6 is 0 Å². The van der Waals surface area contributed by atoms with E-state index in [0.717, 1.165) is 28.6 Å². The van der Waals surface area contributed by atoms with Crippen molar-refractivity contribution in [3.8, 4) is 5.75 Å². The fourth-order valence-corrected chi connectivity index (χ4v) is 2.04. The zero-order valence-electron chi connectivity index (χ0n) is 10.7. The summed E-state index contributed by atoms with van der Waals surface area (Å²) in [5, 5.41) is 1.12. The summed E-state index contributed by atoms with van der Waals surface area (Å²) in [4.78, 5) is 3.26. The molecule has 17 heavy (non-hydrogen) atoms. The number of fused-ring (bicyclic) bond motifs is 1. The molecule has 0 spiro atoms. The van der Waals surface area contributed by atoms with Crippen molar-refractivity contribution in [2.24, 2.45) is 5.73 Å². The first-order valence-corrected chi connectivity index (χ1v) is 6.15. The summed E-state index contributed by atoms with van der Waals surface area (Å²) in [6.07, 6.45) is 3.08. The van der Waals surface area contributed by atoms with Crippen LogP contribution in [-0.4, -0.2) is 11.1 Å². The number of H-pyrrole nitrogens is 1. The maximum Gasteiger partial charge on any atom is 0.129 e. The minimum atomic E-state index is 0.0562. The van der Waals surface area contributed by atoms with E-state index in [1.165, 1.54) is 0 Å². The van der Waals surface area contributed by atoms with Crippen molar-refractivity contribution < 1.29 is 4.74 Å². The molecule has 3 heteroatoms. The Morgan fingerprint density at radius 1 is 1.35 bits per heavy atom. The highest BCUT2D eigenvalue weighted by Crippen LogP contribution is 2.32. The molecule has 0 aliphatic rings. The number of rotatable bonds is 4. The van der Waals surface area contributed by atoms with Crippen molar-refractivity contribution in [1.82, 2.24) is 4.98 Å². The zero-order valence-corrected chi connectivity index (χ0v) is 10.7. The van der Waals surface area contributed by atoms with E-state index < -0.39 is 0 Å². The largest absolute Gasteiger partial charge is 0.490 e. The maximum atomic E-state index is 6.13. The number of aromatic amines is 1. The second-order valence-corrected chi connectivity index (χ2v) is 4.60. The fourth-order valence-electron chi connectivity index (χ4n) is 2.04. The van der Waals surface area contributed by atoms with Crippen molar-refractivity contribution in [2.45, 2.75) is 39.3 Å². The molecule has 2 aromatic rings. The van der Waals surface area contributed by atoms with Gasteiger partial charge in [-0.1, -0.05) is 13.0 Å². The Balaban J connectivity index is 2.55. The van der Waals surface area contributed by atoms with E-state index in [9.17, 15) is 0 Å². The standard InChI is InChI=1S/C14H20N2O/c1-4-11(15)10-8-16-12-6-5-7-13(14(10)12)17-9(2)3/h5-9,11,16H,4,15H2,1-3H3/t11-/m1/s1. The Morgan fingerprint density at radius 3 is 2.76 bits per heavy atom. The van der Waals surface area contributed by atoms with Crippen LogP contribution in [-0.2, 0) is 0 Å². The van der Waals surface area contributed by atoms with Gasteiger partial charge in [0.2, 0.25) is 0 Å². The SMILES string of the molecule is CC[C@@H](N)c1c[nH]c2cccc(OC(C)C)c12. The Labute approximate surface area is 102 Å². The number of benzene rings is 1. The first-order valence-electron chi connectivity index (χ1n) is 6.15. The van der Waals surface area contributed by atoms with Gasteiger partial charge < -0.3 is 15.5 Å². The third-order valence-corrected chi connectivity index (χ3v) is 2.90. The van der Waals surface area contributed by atoms with Crippen molar-refractivity contribution >= 4 is 10.9 Å². The fraction of sp³-hybridized carbons (Fsp3) is 0.429. The molecule has 0 radical (unpaired) electrons. The lowest BCUT2D eigenvalue weighted by Gasteiger charge is -2.14. The van der Waals surface area contributed by atoms with E-state index in [1.54, 1.807) is 0 Å². The van der Waals surface area contributed by atoms with Gasteiger partial charge in [0, 0.05) is 23.1 Å². The summed E-state index contributed by atoms with van der Waals surface area (Å²) >= 11 is 0. The molecule has 0 aliphatic carbocycles. The van der Waals surface area contributed by atoms with E-state index in [0.29, 0.717) is 0 Å². The molecular weight excluding hydrogens is 212 g/mol. The molecule has 0 aliphatic heterocycles. The van der Waals surface area contributed by atoms with Gasteiger partial charge in [-0.05, 0) is 38.0 Å². The summed E-state index contributed by atoms with van der Waals surface area (Å²) < 4.78 is 5.85. The minimum Gasteiger partial charge on any atom is -0.490 e. The third-order valence-electron chi connectivity index (χ3n) is 2.90. The van der Waals surface area contributed by atoms with Crippen LogP contribution in [0.15, 0.2) is 24.4 Å². The summed E-state index contributed by atoms with van der Waals surface area (Å²) in [7, 11) is 0. The van der Waals surface area contributed by atoms with Gasteiger partial charge in [-0.2, -0.15) is 0 Å². The van der Waals surface area contributed by atoms with E-state index >= 15 is 0 Å². The Bertz CT molecular complexity index is 502. The second kappa shape index (κ2) is 4.80. The van der Waals surface area contributed by atoms with Crippen LogP contribution in [0.25, 0.3) is 10.9 Å². The second-order valence-electron chi connectivity index (χ2n) is 4.60. The number of aromatic nitrogens is 1. The lowest BCUT2D eigenvalue weighted by Crippen LogP contribution is -2.09. The molecule has 0 bridgehead atoms. The molecule has 0 saturated heterocycles. The van der Waals surface area contributed by atoms with E-state index in [2.05, 4.69) is 18.0 Å². The smallest absolute Gasteiger partial charge is 0.129 e. The number of nitrogens with one attached hydrogen (secondary N) is 1. The monoisotopic (exact) mass is 232 g/mol. The third kappa shape index (κ3) is 2.29. The first kappa shape index (κ1) is 12.0. The zero-order chi connectivity index (χ0) is 12.4. The molecule has 1 aromatic carbocycles. The minimum absolute atomic E-state index is 0.0562. The predicted molar refractivity (Wildman–Crippen MR) is 71.3 cm³/mol. The number of nitrogens with two attached hydrogens (primary N) is 1. The van der Waals surface area contributed by atoms with Crippen LogP contribution in [0.2, 0.25) is 0 Å². The van der Waals surface area contributed by atoms with Gasteiger partial charge in [0.15, 0.2) is 0 Å². The van der Waals surface area contributed by atoms with Gasteiger partial charge in [-0.15, -0.1) is 0 Å². The highest BCUT2D eigenvalue weighted by Gasteiger charge is 2.14. The summed E-state index contributed by atoms with van der Waals surface area (Å²) in [5.41, 5.74) is 8.35. The molecule has 2 rings (SSSR count). The average Bonchev–Trinajstić information content (AvgIpc) is 2.72. The molecule has 3 N–H and O–H groups in total. The van der Waals surface area contributed by atoms with Gasteiger partial charge >= 0.3 is 0 Å². The van der Waals surface area contributed by atoms with Crippen LogP contribution in [0.1, 0.15) is 38.8 Å². The summed E-state index contributed by atoms with van der Waals surface area (Å²) in [5.74, 6) is 0.914. The van der Waals surface area contributed by atoms with Crippen molar-refractivity contribution in [3.05, 3.63) is 30.0 Å². The Morgan fingerprint density at radius 2 is 2.12 bits per heavy atom. The van der Waals surface area contributed by atoms with Gasteiger partial charge in [-0.3, -0.25) is 0 Å². The van der Waals surface area contributed by atoms with E-state index in [1.807, 2.05) is 32.2 Å². The van der Waals surface area contributed by atoms with Crippen LogP contribution in [0.5, 0.6) is 5.75 Å². The molecule has 3 nitrogen and oxygen atoms in total. The average molecular weight is 232 g/mol. The molecule has 92 valence electrons. The number of hydrogen-bond acceptors (Lipinski definition) is 2. The molecule has 1 heterocycles. The highest BCUT2D eigenvalue weighted by atomic mass is 16.5. The van der Waals surface area contributed by atoms with Crippen LogP contribution in [0.3, 0.4) is 0 Å². The molecule has 0 saturated carbocycles. The predicted octanol–water partition coefficient (Wildman–Crippen LogP) is 3.36. The first-order chi connectivity index (χ1) is 8.13. The quantitative estimate of drug-likeness (QED) is 0.849. The van der Waals surface area contributed by atoms with Gasteiger partial charge in [0.25, 0.3) is 0 Å². The van der Waals surface area contributed by atoms with Crippen LogP contribution < -0.4 is 10.5 Å². The van der Waals surface area contributed by atoms with E-state index in [-0.39, 0.29) is 12.1 Å². The lowest BCUT2D eigenvalue weighted by molar-refractivity contribution is 0.245. The van der Waals surface area contributed by atoms with Crippen molar-refractivity contribution in [3.63, 3.8) is 0 Å². The molecule has 0 unspecified atom stereocenters. The maximum absolute atomic E-state index is 6.13. The normalized spacial score (nSPS) is 13.2. The summed E-state index contributed by atoms with van der Waals surface area (Å²) in [6, 6.07) is 6.11. The summed E-state index contributed by atoms with van der Waals surface area (Å²) in [6.45, 7) is 6.16. The molecular formula is C14H20N2O. The van der Waals surface area contributed by atoms with Crippen LogP contribution in [0.4, 0.5) is 0 Å². The lowest BCUT2D eigenvalue weighted by atomic mass is 10.0. The highest BCUT2D eigenvalue weighted by molar-refractivity contribution is 5.89. The molecule has 0 fully saturated rings. The van der Waals surface area contributed by atoms with Gasteiger partial charge in [0.1, 0.15) is 5.75 Å². The van der Waals surface area contributed by atoms with Crippen molar-refractivity contribution in [1.29, 1.82) is 0 Å². The van der Waals surface area contributed by atoms with Gasteiger partial charge in [0.05, 0.1) is 6.10 Å². The van der Waals surface area contributed by atoms with Gasteiger partial charge in [-0.25, -0.2) is 0 Å². The molecule has 0 amide bonds.